The predicted octanol–water partition coefficient (Wildman–Crippen LogP) is 4.89. The summed E-state index contributed by atoms with van der Waals surface area (Å²) < 4.78 is 12.9. The minimum atomic E-state index is -0.385. The van der Waals surface area contributed by atoms with Gasteiger partial charge in [-0.15, -0.1) is 23.5 Å². The van der Waals surface area contributed by atoms with Crippen molar-refractivity contribution in [3.63, 3.8) is 0 Å². The lowest BCUT2D eigenvalue weighted by Crippen LogP contribution is -2.24. The fraction of sp³-hybridized carbons (Fsp3) is 0.269. The van der Waals surface area contributed by atoms with E-state index in [4.69, 9.17) is 9.47 Å². The Balaban J connectivity index is 1.34. The molecule has 1 aromatic heterocycles. The number of ether oxygens (including phenoxy) is 2. The Morgan fingerprint density at radius 1 is 1.11 bits per heavy atom. The van der Waals surface area contributed by atoms with E-state index >= 15 is 0 Å². The molecule has 3 aromatic rings. The number of hydrogen-bond donors (Lipinski definition) is 1. The molecule has 35 heavy (non-hydrogen) atoms. The Morgan fingerprint density at radius 2 is 1.86 bits per heavy atom. The average molecular weight is 510 g/mol. The number of thioether (sulfide) groups is 2. The summed E-state index contributed by atoms with van der Waals surface area (Å²) in [5.41, 5.74) is 7.86. The molecule has 2 heterocycles. The molecule has 1 aliphatic heterocycles. The number of amides is 1. The van der Waals surface area contributed by atoms with Crippen molar-refractivity contribution < 1.29 is 19.1 Å². The van der Waals surface area contributed by atoms with Crippen LogP contribution in [0.1, 0.15) is 37.5 Å². The molecule has 1 N–H and O–H groups in total. The Labute approximate surface area is 213 Å². The molecule has 1 fully saturated rings. The average Bonchev–Trinajstić information content (AvgIpc) is 3.51. The van der Waals surface area contributed by atoms with E-state index in [1.54, 1.807) is 18.3 Å². The zero-order valence-electron chi connectivity index (χ0n) is 19.8. The molecule has 9 heteroatoms. The van der Waals surface area contributed by atoms with Gasteiger partial charge in [0.15, 0.2) is 6.61 Å². The van der Waals surface area contributed by atoms with Crippen molar-refractivity contribution >= 4 is 41.6 Å². The van der Waals surface area contributed by atoms with Crippen LogP contribution in [-0.2, 0) is 9.53 Å². The molecule has 0 spiro atoms. The van der Waals surface area contributed by atoms with Crippen LogP contribution in [0.3, 0.4) is 0 Å². The fourth-order valence-corrected chi connectivity index (χ4v) is 6.69. The summed E-state index contributed by atoms with van der Waals surface area (Å²) in [6.45, 7) is 3.80. The van der Waals surface area contributed by atoms with Gasteiger partial charge in [-0.2, -0.15) is 5.10 Å². The number of hydrogen-bond acceptors (Lipinski definition) is 7. The number of carbonyl (C=O) groups excluding carboxylic acids is 2. The molecule has 2 aromatic carbocycles. The quantitative estimate of drug-likeness (QED) is 0.265. The van der Waals surface area contributed by atoms with Crippen molar-refractivity contribution in [2.75, 3.05) is 25.2 Å². The van der Waals surface area contributed by atoms with Gasteiger partial charge >= 0.3 is 5.97 Å². The number of aryl methyl sites for hydroxylation is 1. The van der Waals surface area contributed by atoms with Crippen molar-refractivity contribution in [1.82, 2.24) is 9.99 Å². The van der Waals surface area contributed by atoms with Gasteiger partial charge in [0.25, 0.3) is 5.91 Å². The van der Waals surface area contributed by atoms with Gasteiger partial charge in [-0.25, -0.2) is 10.2 Å². The molecule has 1 aliphatic rings. The topological polar surface area (TPSA) is 81.9 Å². The monoisotopic (exact) mass is 509 g/mol. The second kappa shape index (κ2) is 11.5. The number of benzene rings is 2. The zero-order chi connectivity index (χ0) is 24.8. The van der Waals surface area contributed by atoms with Gasteiger partial charge in [-0.1, -0.05) is 18.2 Å². The summed E-state index contributed by atoms with van der Waals surface area (Å²) in [6.07, 6.45) is 1.60. The Morgan fingerprint density at radius 3 is 2.57 bits per heavy atom. The van der Waals surface area contributed by atoms with Gasteiger partial charge in [0, 0.05) is 34.1 Å². The van der Waals surface area contributed by atoms with Crippen LogP contribution in [-0.4, -0.2) is 47.9 Å². The number of rotatable bonds is 8. The van der Waals surface area contributed by atoms with E-state index in [1.165, 1.54) is 24.2 Å². The van der Waals surface area contributed by atoms with E-state index in [2.05, 4.69) is 22.7 Å². The zero-order valence-corrected chi connectivity index (χ0v) is 21.4. The van der Waals surface area contributed by atoms with Crippen LogP contribution in [0.15, 0.2) is 59.7 Å². The second-order valence-electron chi connectivity index (χ2n) is 7.93. The van der Waals surface area contributed by atoms with Gasteiger partial charge in [0.2, 0.25) is 0 Å². The number of aromatic nitrogens is 1. The van der Waals surface area contributed by atoms with Gasteiger partial charge < -0.3 is 14.0 Å². The third kappa shape index (κ3) is 6.10. The van der Waals surface area contributed by atoms with E-state index in [1.807, 2.05) is 72.3 Å². The molecular formula is C26H27N3O4S2. The standard InChI is InChI=1S/C26H27N3O4S2/c1-17-13-21(18(2)29(17)22-6-4-5-20(14-22)25(31)32-3)15-27-28-24(30)16-33-23-9-7-19(8-10-23)26-34-11-12-35-26/h4-10,13-15,26H,11-12,16H2,1-3H3,(H,28,30)/b27-15-. The molecule has 0 saturated carbocycles. The van der Waals surface area contributed by atoms with Crippen molar-refractivity contribution in [1.29, 1.82) is 0 Å². The lowest BCUT2D eigenvalue weighted by molar-refractivity contribution is -0.123. The molecule has 0 radical (unpaired) electrons. The Kier molecular flexibility index (Phi) is 8.20. The number of nitrogens with zero attached hydrogens (tertiary/aromatic N) is 2. The summed E-state index contributed by atoms with van der Waals surface area (Å²) in [5.74, 6) is 2.29. The molecule has 1 amide bonds. The van der Waals surface area contributed by atoms with Crippen LogP contribution in [0.5, 0.6) is 5.75 Å². The normalized spacial score (nSPS) is 13.8. The van der Waals surface area contributed by atoms with E-state index in [0.29, 0.717) is 15.9 Å². The highest BCUT2D eigenvalue weighted by Crippen LogP contribution is 2.45. The highest BCUT2D eigenvalue weighted by molar-refractivity contribution is 8.19. The summed E-state index contributed by atoms with van der Waals surface area (Å²) in [7, 11) is 1.36. The first-order valence-electron chi connectivity index (χ1n) is 11.1. The molecule has 0 unspecified atom stereocenters. The SMILES string of the molecule is COC(=O)c1cccc(-n2c(C)cc(/C=N\NC(=O)COc3ccc(C4SCCS4)cc3)c2C)c1. The van der Waals surface area contributed by atoms with Crippen LogP contribution in [0.2, 0.25) is 0 Å². The number of methoxy groups -OCH3 is 1. The van der Waals surface area contributed by atoms with Crippen LogP contribution in [0.25, 0.3) is 5.69 Å². The Hall–Kier alpha value is -3.17. The number of hydrazone groups is 1. The van der Waals surface area contributed by atoms with E-state index in [9.17, 15) is 9.59 Å². The third-order valence-electron chi connectivity index (χ3n) is 5.53. The van der Waals surface area contributed by atoms with Crippen LogP contribution in [0.4, 0.5) is 0 Å². The summed E-state index contributed by atoms with van der Waals surface area (Å²) >= 11 is 3.91. The van der Waals surface area contributed by atoms with E-state index in [-0.39, 0.29) is 18.5 Å². The Bertz CT molecular complexity index is 1230. The summed E-state index contributed by atoms with van der Waals surface area (Å²) in [4.78, 5) is 24.1. The maximum atomic E-state index is 12.2. The predicted molar refractivity (Wildman–Crippen MR) is 142 cm³/mol. The summed E-state index contributed by atoms with van der Waals surface area (Å²) in [6, 6.07) is 17.1. The van der Waals surface area contributed by atoms with E-state index < -0.39 is 0 Å². The molecule has 1 saturated heterocycles. The molecule has 0 aliphatic carbocycles. The van der Waals surface area contributed by atoms with Crippen LogP contribution in [0, 0.1) is 13.8 Å². The van der Waals surface area contributed by atoms with Crippen molar-refractivity contribution in [2.24, 2.45) is 5.10 Å². The number of esters is 1. The summed E-state index contributed by atoms with van der Waals surface area (Å²) in [5, 5.41) is 4.09. The largest absolute Gasteiger partial charge is 0.484 e. The molecule has 4 rings (SSSR count). The van der Waals surface area contributed by atoms with Gasteiger partial charge in [-0.3, -0.25) is 4.79 Å². The first-order valence-corrected chi connectivity index (χ1v) is 13.2. The number of carbonyl (C=O) groups is 2. The highest BCUT2D eigenvalue weighted by Gasteiger charge is 2.18. The van der Waals surface area contributed by atoms with Gasteiger partial charge in [0.1, 0.15) is 5.75 Å². The molecule has 0 bridgehead atoms. The fourth-order valence-electron chi connectivity index (χ4n) is 3.83. The molecule has 182 valence electrons. The van der Waals surface area contributed by atoms with Crippen LogP contribution >= 0.6 is 23.5 Å². The van der Waals surface area contributed by atoms with Gasteiger partial charge in [0.05, 0.1) is 23.5 Å². The second-order valence-corrected chi connectivity index (χ2v) is 10.7. The van der Waals surface area contributed by atoms with Crippen LogP contribution < -0.4 is 10.2 Å². The van der Waals surface area contributed by atoms with Crippen molar-refractivity contribution in [2.45, 2.75) is 18.4 Å². The maximum absolute atomic E-state index is 12.2. The molecule has 0 atom stereocenters. The molecule has 7 nitrogen and oxygen atoms in total. The van der Waals surface area contributed by atoms with E-state index in [0.717, 1.165) is 22.6 Å². The first-order chi connectivity index (χ1) is 17.0. The van der Waals surface area contributed by atoms with Crippen molar-refractivity contribution in [3.05, 3.63) is 82.7 Å². The van der Waals surface area contributed by atoms with Crippen molar-refractivity contribution in [3.8, 4) is 11.4 Å². The lowest BCUT2D eigenvalue weighted by atomic mass is 10.2. The highest BCUT2D eigenvalue weighted by atomic mass is 32.2. The first kappa shape index (κ1) is 24.9. The lowest BCUT2D eigenvalue weighted by Gasteiger charge is -2.11. The number of nitrogens with one attached hydrogen (secondary N) is 1. The smallest absolute Gasteiger partial charge is 0.337 e. The maximum Gasteiger partial charge on any atom is 0.337 e. The molecular weight excluding hydrogens is 482 g/mol. The third-order valence-corrected chi connectivity index (χ3v) is 8.64. The minimum absolute atomic E-state index is 0.122. The minimum Gasteiger partial charge on any atom is -0.484 e. The van der Waals surface area contributed by atoms with Gasteiger partial charge in [-0.05, 0) is 55.8 Å².